The Balaban J connectivity index is 2.30. The van der Waals surface area contributed by atoms with Gasteiger partial charge < -0.3 is 4.90 Å². The highest BCUT2D eigenvalue weighted by Gasteiger charge is 2.34. The molecule has 11 heavy (non-hydrogen) atoms. The van der Waals surface area contributed by atoms with Gasteiger partial charge in [-0.2, -0.15) is 0 Å². The van der Waals surface area contributed by atoms with Gasteiger partial charge in [-0.15, -0.1) is 0 Å². The third-order valence-electron chi connectivity index (χ3n) is 2.54. The Morgan fingerprint density at radius 1 is 1.18 bits per heavy atom. The average molecular weight is 156 g/mol. The number of hydrogen-bond donors (Lipinski definition) is 0. The predicted octanol–water partition coefficient (Wildman–Crippen LogP) is 1.03. The number of rotatable bonds is 1. The maximum Gasteiger partial charge on any atom is 0.0344 e. The zero-order chi connectivity index (χ0) is 8.65. The molecule has 0 aromatic heterocycles. The molecule has 0 radical (unpaired) electrons. The molecule has 1 aliphatic heterocycles. The highest BCUT2D eigenvalue weighted by atomic mass is 15.3. The highest BCUT2D eigenvalue weighted by molar-refractivity contribution is 4.92. The molecule has 0 spiro atoms. The van der Waals surface area contributed by atoms with Gasteiger partial charge in [-0.3, -0.25) is 4.90 Å². The molecule has 0 amide bonds. The van der Waals surface area contributed by atoms with Gasteiger partial charge in [-0.1, -0.05) is 0 Å². The van der Waals surface area contributed by atoms with Crippen LogP contribution in [0.4, 0.5) is 0 Å². The fourth-order valence-electron chi connectivity index (χ4n) is 1.33. The smallest absolute Gasteiger partial charge is 0.0344 e. The molecular weight excluding hydrogens is 136 g/mol. The molecule has 1 saturated heterocycles. The second-order valence-corrected chi connectivity index (χ2v) is 4.69. The van der Waals surface area contributed by atoms with Crippen molar-refractivity contribution in [3.8, 4) is 0 Å². The first kappa shape index (κ1) is 9.01. The van der Waals surface area contributed by atoms with Crippen molar-refractivity contribution in [3.05, 3.63) is 0 Å². The fraction of sp³-hybridized carbons (Fsp3) is 1.00. The van der Waals surface area contributed by atoms with E-state index in [1.807, 2.05) is 0 Å². The van der Waals surface area contributed by atoms with E-state index >= 15 is 0 Å². The van der Waals surface area contributed by atoms with Crippen LogP contribution in [0, 0.1) is 0 Å². The predicted molar refractivity (Wildman–Crippen MR) is 48.8 cm³/mol. The van der Waals surface area contributed by atoms with E-state index in [2.05, 4.69) is 44.7 Å². The highest BCUT2D eigenvalue weighted by Crippen LogP contribution is 2.22. The molecule has 2 heteroatoms. The van der Waals surface area contributed by atoms with Crippen LogP contribution in [0.5, 0.6) is 0 Å². The third-order valence-corrected chi connectivity index (χ3v) is 2.54. The van der Waals surface area contributed by atoms with E-state index < -0.39 is 0 Å². The molecule has 1 rings (SSSR count). The van der Waals surface area contributed by atoms with E-state index in [0.717, 1.165) is 6.04 Å². The minimum absolute atomic E-state index is 0.368. The summed E-state index contributed by atoms with van der Waals surface area (Å²) in [4.78, 5) is 4.82. The molecule has 0 aromatic carbocycles. The van der Waals surface area contributed by atoms with Gasteiger partial charge in [0.15, 0.2) is 0 Å². The number of likely N-dealkylation sites (tertiary alicyclic amines) is 1. The van der Waals surface area contributed by atoms with Gasteiger partial charge in [0.25, 0.3) is 0 Å². The lowest BCUT2D eigenvalue weighted by atomic mass is 9.97. The lowest BCUT2D eigenvalue weighted by Crippen LogP contribution is -2.63. The molecule has 0 aromatic rings. The molecule has 66 valence electrons. The number of nitrogens with zero attached hydrogens (tertiary/aromatic N) is 2. The zero-order valence-corrected chi connectivity index (χ0v) is 8.39. The molecule has 0 saturated carbocycles. The fourth-order valence-corrected chi connectivity index (χ4v) is 1.33. The first-order valence-electron chi connectivity index (χ1n) is 4.33. The van der Waals surface area contributed by atoms with Crippen LogP contribution in [0.25, 0.3) is 0 Å². The summed E-state index contributed by atoms with van der Waals surface area (Å²) in [6, 6.07) is 0.786. The van der Waals surface area contributed by atoms with Gasteiger partial charge in [0.2, 0.25) is 0 Å². The Morgan fingerprint density at radius 3 is 1.91 bits per heavy atom. The second-order valence-electron chi connectivity index (χ2n) is 4.69. The molecule has 1 fully saturated rings. The largest absolute Gasteiger partial charge is 0.304 e. The third kappa shape index (κ3) is 1.94. The van der Waals surface area contributed by atoms with Crippen LogP contribution in [0.1, 0.15) is 20.8 Å². The summed E-state index contributed by atoms with van der Waals surface area (Å²) in [5, 5.41) is 0. The van der Waals surface area contributed by atoms with Gasteiger partial charge in [0, 0.05) is 24.7 Å². The van der Waals surface area contributed by atoms with E-state index in [9.17, 15) is 0 Å². The van der Waals surface area contributed by atoms with E-state index in [1.165, 1.54) is 13.1 Å². The Labute approximate surface area is 70.2 Å². The van der Waals surface area contributed by atoms with Crippen LogP contribution in [0.15, 0.2) is 0 Å². The minimum atomic E-state index is 0.368. The summed E-state index contributed by atoms with van der Waals surface area (Å²) < 4.78 is 0. The van der Waals surface area contributed by atoms with Crippen molar-refractivity contribution >= 4 is 0 Å². The van der Waals surface area contributed by atoms with Crippen molar-refractivity contribution in [2.75, 3.05) is 27.2 Å². The van der Waals surface area contributed by atoms with Crippen molar-refractivity contribution < 1.29 is 0 Å². The quantitative estimate of drug-likeness (QED) is 0.559. The summed E-state index contributed by atoms with van der Waals surface area (Å²) in [6.45, 7) is 9.30. The van der Waals surface area contributed by atoms with Crippen LogP contribution in [0.3, 0.4) is 0 Å². The molecule has 1 heterocycles. The standard InChI is InChI=1S/C9H20N2/c1-9(2,3)11-6-8(7-11)10(4)5/h8H,6-7H2,1-5H3. The summed E-state index contributed by atoms with van der Waals surface area (Å²) in [7, 11) is 4.31. The van der Waals surface area contributed by atoms with Gasteiger partial charge in [-0.25, -0.2) is 0 Å². The molecule has 0 N–H and O–H groups in total. The monoisotopic (exact) mass is 156 g/mol. The first-order chi connectivity index (χ1) is 4.91. The van der Waals surface area contributed by atoms with Gasteiger partial charge >= 0.3 is 0 Å². The van der Waals surface area contributed by atoms with E-state index in [1.54, 1.807) is 0 Å². The molecule has 1 aliphatic rings. The zero-order valence-electron chi connectivity index (χ0n) is 8.39. The van der Waals surface area contributed by atoms with Crippen molar-refractivity contribution in [3.63, 3.8) is 0 Å². The lowest BCUT2D eigenvalue weighted by Gasteiger charge is -2.49. The maximum absolute atomic E-state index is 2.51. The van der Waals surface area contributed by atoms with Crippen LogP contribution in [0.2, 0.25) is 0 Å². The summed E-state index contributed by atoms with van der Waals surface area (Å²) in [5.41, 5.74) is 0.368. The maximum atomic E-state index is 2.51. The summed E-state index contributed by atoms with van der Waals surface area (Å²) in [5.74, 6) is 0. The molecule has 0 bridgehead atoms. The second kappa shape index (κ2) is 2.76. The molecule has 0 atom stereocenters. The normalized spacial score (nSPS) is 22.4. The molecular formula is C9H20N2. The summed E-state index contributed by atoms with van der Waals surface area (Å²) >= 11 is 0. The van der Waals surface area contributed by atoms with Crippen molar-refractivity contribution in [1.29, 1.82) is 0 Å². The van der Waals surface area contributed by atoms with Gasteiger partial charge in [0.1, 0.15) is 0 Å². The summed E-state index contributed by atoms with van der Waals surface area (Å²) in [6.07, 6.45) is 0. The van der Waals surface area contributed by atoms with Gasteiger partial charge in [-0.05, 0) is 34.9 Å². The van der Waals surface area contributed by atoms with Gasteiger partial charge in [0.05, 0.1) is 0 Å². The average Bonchev–Trinajstić information content (AvgIpc) is 1.51. The number of likely N-dealkylation sites (N-methyl/N-ethyl adjacent to an activating group) is 1. The van der Waals surface area contributed by atoms with Crippen molar-refractivity contribution in [2.45, 2.75) is 32.4 Å². The lowest BCUT2D eigenvalue weighted by molar-refractivity contribution is -0.00401. The van der Waals surface area contributed by atoms with Crippen LogP contribution in [-0.4, -0.2) is 48.6 Å². The molecule has 0 unspecified atom stereocenters. The van der Waals surface area contributed by atoms with E-state index in [4.69, 9.17) is 0 Å². The first-order valence-corrected chi connectivity index (χ1v) is 4.33. The minimum Gasteiger partial charge on any atom is -0.304 e. The molecule has 0 aliphatic carbocycles. The SMILES string of the molecule is CN(C)C1CN(C(C)(C)C)C1. The Bertz CT molecular complexity index is 129. The van der Waals surface area contributed by atoms with Crippen LogP contribution >= 0.6 is 0 Å². The topological polar surface area (TPSA) is 6.48 Å². The Hall–Kier alpha value is -0.0800. The molecule has 2 nitrogen and oxygen atoms in total. The van der Waals surface area contributed by atoms with Crippen molar-refractivity contribution in [2.24, 2.45) is 0 Å². The Kier molecular flexibility index (Phi) is 2.26. The van der Waals surface area contributed by atoms with Crippen molar-refractivity contribution in [1.82, 2.24) is 9.80 Å². The Morgan fingerprint density at radius 2 is 1.64 bits per heavy atom. The van der Waals surface area contributed by atoms with E-state index in [0.29, 0.717) is 5.54 Å². The van der Waals surface area contributed by atoms with Crippen LogP contribution < -0.4 is 0 Å². The van der Waals surface area contributed by atoms with E-state index in [-0.39, 0.29) is 0 Å². The van der Waals surface area contributed by atoms with Crippen LogP contribution in [-0.2, 0) is 0 Å². The number of hydrogen-bond acceptors (Lipinski definition) is 2.